The molecule has 2 aromatic rings. The number of methoxy groups -OCH3 is 1. The summed E-state index contributed by atoms with van der Waals surface area (Å²) >= 11 is 5.91. The van der Waals surface area contributed by atoms with Crippen molar-refractivity contribution < 1.29 is 14.1 Å². The van der Waals surface area contributed by atoms with Gasteiger partial charge in [-0.05, 0) is 38.1 Å². The van der Waals surface area contributed by atoms with Crippen LogP contribution in [0.2, 0.25) is 5.02 Å². The minimum absolute atomic E-state index is 0.00212. The van der Waals surface area contributed by atoms with E-state index in [1.54, 1.807) is 31.4 Å². The van der Waals surface area contributed by atoms with E-state index in [9.17, 15) is 4.79 Å². The van der Waals surface area contributed by atoms with Crippen molar-refractivity contribution in [3.63, 3.8) is 0 Å². The van der Waals surface area contributed by atoms with Crippen LogP contribution in [0.4, 0.5) is 5.82 Å². The zero-order valence-corrected chi connectivity index (χ0v) is 14.1. The summed E-state index contributed by atoms with van der Waals surface area (Å²) in [7, 11) is 1.61. The van der Waals surface area contributed by atoms with Crippen LogP contribution in [-0.4, -0.2) is 37.4 Å². The SMILES string of the molecule is COCCNc1noc(-c2ccc(Cl)cc2)c1C(=O)NC(C)C. The number of benzene rings is 1. The number of carbonyl (C=O) groups excluding carboxylic acids is 1. The molecule has 1 aromatic carbocycles. The first-order valence-corrected chi connectivity index (χ1v) is 7.70. The number of hydrogen-bond donors (Lipinski definition) is 2. The van der Waals surface area contributed by atoms with E-state index < -0.39 is 0 Å². The van der Waals surface area contributed by atoms with Gasteiger partial charge in [-0.3, -0.25) is 4.79 Å². The van der Waals surface area contributed by atoms with Gasteiger partial charge < -0.3 is 19.9 Å². The predicted octanol–water partition coefficient (Wildman–Crippen LogP) is 3.19. The van der Waals surface area contributed by atoms with Crippen LogP contribution in [0.1, 0.15) is 24.2 Å². The van der Waals surface area contributed by atoms with Crippen molar-refractivity contribution in [1.82, 2.24) is 10.5 Å². The van der Waals surface area contributed by atoms with Crippen LogP contribution < -0.4 is 10.6 Å². The first-order chi connectivity index (χ1) is 11.0. The second kappa shape index (κ2) is 7.99. The van der Waals surface area contributed by atoms with Gasteiger partial charge in [0.05, 0.1) is 6.61 Å². The molecule has 0 saturated carbocycles. The number of rotatable bonds is 7. The van der Waals surface area contributed by atoms with Crippen LogP contribution in [0.3, 0.4) is 0 Å². The molecule has 0 unspecified atom stereocenters. The van der Waals surface area contributed by atoms with Gasteiger partial charge in [0.2, 0.25) is 0 Å². The van der Waals surface area contributed by atoms with E-state index in [-0.39, 0.29) is 11.9 Å². The number of hydrogen-bond acceptors (Lipinski definition) is 5. The third-order valence-corrected chi connectivity index (χ3v) is 3.30. The number of ether oxygens (including phenoxy) is 1. The van der Waals surface area contributed by atoms with E-state index in [1.165, 1.54) is 0 Å². The molecule has 0 bridgehead atoms. The van der Waals surface area contributed by atoms with Crippen LogP contribution in [0, 0.1) is 0 Å². The Morgan fingerprint density at radius 2 is 2.04 bits per heavy atom. The second-order valence-corrected chi connectivity index (χ2v) is 5.73. The average Bonchev–Trinajstić information content (AvgIpc) is 2.91. The number of nitrogens with zero attached hydrogens (tertiary/aromatic N) is 1. The average molecular weight is 338 g/mol. The molecular formula is C16H20ClN3O3. The number of aromatic nitrogens is 1. The number of nitrogens with one attached hydrogen (secondary N) is 2. The molecule has 7 heteroatoms. The standard InChI is InChI=1S/C16H20ClN3O3/c1-10(2)19-16(21)13-14(11-4-6-12(17)7-5-11)23-20-15(13)18-8-9-22-3/h4-7,10H,8-9H2,1-3H3,(H,18,20)(H,19,21). The van der Waals surface area contributed by atoms with E-state index in [0.717, 1.165) is 5.56 Å². The van der Waals surface area contributed by atoms with Gasteiger partial charge >= 0.3 is 0 Å². The van der Waals surface area contributed by atoms with Gasteiger partial charge in [0.1, 0.15) is 5.56 Å². The highest BCUT2D eigenvalue weighted by atomic mass is 35.5. The fraction of sp³-hybridized carbons (Fsp3) is 0.375. The van der Waals surface area contributed by atoms with Gasteiger partial charge in [0.25, 0.3) is 5.91 Å². The van der Waals surface area contributed by atoms with Crippen LogP contribution >= 0.6 is 11.6 Å². The lowest BCUT2D eigenvalue weighted by Gasteiger charge is -2.10. The summed E-state index contributed by atoms with van der Waals surface area (Å²) in [6, 6.07) is 7.05. The maximum Gasteiger partial charge on any atom is 0.259 e. The fourth-order valence-electron chi connectivity index (χ4n) is 2.03. The molecule has 1 heterocycles. The molecule has 23 heavy (non-hydrogen) atoms. The summed E-state index contributed by atoms with van der Waals surface area (Å²) in [4.78, 5) is 12.5. The van der Waals surface area contributed by atoms with Gasteiger partial charge in [0.15, 0.2) is 11.6 Å². The highest BCUT2D eigenvalue weighted by molar-refractivity contribution is 6.30. The molecule has 6 nitrogen and oxygen atoms in total. The number of anilines is 1. The highest BCUT2D eigenvalue weighted by Crippen LogP contribution is 2.30. The lowest BCUT2D eigenvalue weighted by Crippen LogP contribution is -2.30. The van der Waals surface area contributed by atoms with E-state index in [2.05, 4.69) is 15.8 Å². The lowest BCUT2D eigenvalue weighted by molar-refractivity contribution is 0.0944. The maximum absolute atomic E-state index is 12.5. The summed E-state index contributed by atoms with van der Waals surface area (Å²) in [6.45, 7) is 4.80. The van der Waals surface area contributed by atoms with Crippen LogP contribution in [0.15, 0.2) is 28.8 Å². The maximum atomic E-state index is 12.5. The summed E-state index contributed by atoms with van der Waals surface area (Å²) in [5, 5.41) is 10.5. The highest BCUT2D eigenvalue weighted by Gasteiger charge is 2.24. The van der Waals surface area contributed by atoms with Gasteiger partial charge in [-0.25, -0.2) is 0 Å². The molecule has 0 fully saturated rings. The zero-order chi connectivity index (χ0) is 16.8. The minimum atomic E-state index is -0.244. The molecule has 0 aliphatic rings. The smallest absolute Gasteiger partial charge is 0.259 e. The Kier molecular flexibility index (Phi) is 6.01. The topological polar surface area (TPSA) is 76.4 Å². The molecule has 0 atom stereocenters. The van der Waals surface area contributed by atoms with Gasteiger partial charge in [-0.15, -0.1) is 0 Å². The molecule has 0 spiro atoms. The quantitative estimate of drug-likeness (QED) is 0.759. The van der Waals surface area contributed by atoms with E-state index in [4.69, 9.17) is 20.9 Å². The fourth-order valence-corrected chi connectivity index (χ4v) is 2.15. The molecule has 2 N–H and O–H groups in total. The van der Waals surface area contributed by atoms with Crippen LogP contribution in [0.5, 0.6) is 0 Å². The summed E-state index contributed by atoms with van der Waals surface area (Å²) in [5.74, 6) is 0.552. The number of halogens is 1. The normalized spacial score (nSPS) is 10.8. The van der Waals surface area contributed by atoms with Crippen molar-refractivity contribution in [3.05, 3.63) is 34.9 Å². The molecule has 124 valence electrons. The third-order valence-electron chi connectivity index (χ3n) is 3.04. The first-order valence-electron chi connectivity index (χ1n) is 7.32. The first kappa shape index (κ1) is 17.3. The van der Waals surface area contributed by atoms with E-state index >= 15 is 0 Å². The molecular weight excluding hydrogens is 318 g/mol. The Hall–Kier alpha value is -2.05. The van der Waals surface area contributed by atoms with Gasteiger partial charge in [0, 0.05) is 30.3 Å². The van der Waals surface area contributed by atoms with Crippen molar-refractivity contribution in [2.45, 2.75) is 19.9 Å². The Morgan fingerprint density at radius 1 is 1.35 bits per heavy atom. The Morgan fingerprint density at radius 3 is 2.65 bits per heavy atom. The summed E-state index contributed by atoms with van der Waals surface area (Å²) < 4.78 is 10.4. The van der Waals surface area contributed by atoms with Crippen molar-refractivity contribution in [3.8, 4) is 11.3 Å². The molecule has 0 aliphatic carbocycles. The molecule has 2 rings (SSSR count). The second-order valence-electron chi connectivity index (χ2n) is 5.29. The monoisotopic (exact) mass is 337 g/mol. The van der Waals surface area contributed by atoms with Crippen LogP contribution in [0.25, 0.3) is 11.3 Å². The van der Waals surface area contributed by atoms with Crippen molar-refractivity contribution >= 4 is 23.3 Å². The van der Waals surface area contributed by atoms with E-state index in [0.29, 0.717) is 35.3 Å². The number of carbonyl (C=O) groups is 1. The van der Waals surface area contributed by atoms with Crippen LogP contribution in [-0.2, 0) is 4.74 Å². The summed E-state index contributed by atoms with van der Waals surface area (Å²) in [6.07, 6.45) is 0. The van der Waals surface area contributed by atoms with Crippen molar-refractivity contribution in [2.24, 2.45) is 0 Å². The largest absolute Gasteiger partial charge is 0.383 e. The number of amides is 1. The van der Waals surface area contributed by atoms with Gasteiger partial charge in [-0.1, -0.05) is 16.8 Å². The predicted molar refractivity (Wildman–Crippen MR) is 89.9 cm³/mol. The van der Waals surface area contributed by atoms with E-state index in [1.807, 2.05) is 13.8 Å². The molecule has 1 amide bonds. The van der Waals surface area contributed by atoms with Crippen molar-refractivity contribution in [1.29, 1.82) is 0 Å². The Labute approximate surface area is 140 Å². The molecule has 1 aromatic heterocycles. The zero-order valence-electron chi connectivity index (χ0n) is 13.4. The summed E-state index contributed by atoms with van der Waals surface area (Å²) in [5.41, 5.74) is 1.10. The minimum Gasteiger partial charge on any atom is -0.383 e. The Balaban J connectivity index is 2.37. The molecule has 0 radical (unpaired) electrons. The molecule has 0 aliphatic heterocycles. The molecule has 0 saturated heterocycles. The van der Waals surface area contributed by atoms with Crippen molar-refractivity contribution in [2.75, 3.05) is 25.6 Å². The Bertz CT molecular complexity index is 653. The lowest BCUT2D eigenvalue weighted by atomic mass is 10.1. The van der Waals surface area contributed by atoms with Gasteiger partial charge in [-0.2, -0.15) is 0 Å². The third kappa shape index (κ3) is 4.46.